The van der Waals surface area contributed by atoms with Crippen molar-refractivity contribution in [2.24, 2.45) is 5.92 Å². The van der Waals surface area contributed by atoms with Gasteiger partial charge in [-0.05, 0) is 69.1 Å². The van der Waals surface area contributed by atoms with Crippen LogP contribution in [0.4, 0.5) is 9.59 Å². The van der Waals surface area contributed by atoms with Gasteiger partial charge in [-0.2, -0.15) is 0 Å². The van der Waals surface area contributed by atoms with Gasteiger partial charge in [0.1, 0.15) is 36.4 Å². The number of carboxylic acids is 1. The zero-order valence-electron chi connectivity index (χ0n) is 33.4. The van der Waals surface area contributed by atoms with E-state index in [9.17, 15) is 33.9 Å². The van der Waals surface area contributed by atoms with Gasteiger partial charge in [-0.1, -0.05) is 105 Å². The summed E-state index contributed by atoms with van der Waals surface area (Å²) in [6, 6.07) is 22.6. The Balaban J connectivity index is 1.69. The van der Waals surface area contributed by atoms with Crippen molar-refractivity contribution in [2.45, 2.75) is 110 Å². The number of unbranched alkanes of at least 4 members (excludes halogenated alkanes) is 1. The molecule has 14 heteroatoms. The Labute approximate surface area is 334 Å². The van der Waals surface area contributed by atoms with Crippen LogP contribution in [-0.4, -0.2) is 77.3 Å². The molecule has 3 aromatic carbocycles. The quantitative estimate of drug-likeness (QED) is 0.0800. The average Bonchev–Trinajstić information content (AvgIpc) is 3.15. The molecule has 0 bridgehead atoms. The topological polar surface area (TPSA) is 201 Å². The van der Waals surface area contributed by atoms with Crippen LogP contribution in [0, 0.1) is 5.92 Å². The Morgan fingerprint density at radius 2 is 1.05 bits per heavy atom. The molecule has 0 aliphatic carbocycles. The molecule has 0 radical (unpaired) electrons. The number of carbonyl (C=O) groups excluding carboxylic acids is 5. The zero-order valence-corrected chi connectivity index (χ0v) is 33.4. The molecule has 0 heterocycles. The molecule has 0 saturated carbocycles. The number of carboxylic acid groups (broad SMARTS) is 1. The highest BCUT2D eigenvalue weighted by atomic mass is 16.6. The Morgan fingerprint density at radius 3 is 1.54 bits per heavy atom. The standard InChI is InChI=1S/C43H57N5O9/c1-29(2)25-34(37(49)45-33(40(52)53)23-15-16-24-44-41(54)56-28-32-21-13-8-14-22-32)46-38(50)35(26-30-17-9-6-10-18-30)47-39(51)36(27-31-19-11-7-12-20-31)48-42(55)57-43(3,4)5/h6-14,17-22,29,33-36H,15-16,23-28H2,1-5H3,(H,44,54)(H,45,49)(H,46,50)(H,47,51)(H,48,55)(H,52,53)/t33-,34-,35-,36-/m1/s1. The second-order valence-electron chi connectivity index (χ2n) is 15.2. The van der Waals surface area contributed by atoms with Gasteiger partial charge in [-0.15, -0.1) is 0 Å². The van der Waals surface area contributed by atoms with Crippen LogP contribution in [0.1, 0.15) is 77.0 Å². The number of benzene rings is 3. The summed E-state index contributed by atoms with van der Waals surface area (Å²) in [6.45, 7) is 9.19. The molecule has 0 unspecified atom stereocenters. The summed E-state index contributed by atoms with van der Waals surface area (Å²) in [7, 11) is 0. The zero-order chi connectivity index (χ0) is 41.8. The Bertz CT molecular complexity index is 1730. The minimum atomic E-state index is -1.26. The maximum Gasteiger partial charge on any atom is 0.408 e. The molecule has 0 spiro atoms. The summed E-state index contributed by atoms with van der Waals surface area (Å²) < 4.78 is 10.6. The van der Waals surface area contributed by atoms with Gasteiger partial charge in [-0.25, -0.2) is 14.4 Å². The van der Waals surface area contributed by atoms with E-state index in [2.05, 4.69) is 26.6 Å². The van der Waals surface area contributed by atoms with Gasteiger partial charge >= 0.3 is 18.2 Å². The molecule has 0 aliphatic rings. The third-order valence-electron chi connectivity index (χ3n) is 8.56. The van der Waals surface area contributed by atoms with Crippen molar-refractivity contribution in [3.8, 4) is 0 Å². The molecule has 3 rings (SSSR count). The van der Waals surface area contributed by atoms with Gasteiger partial charge < -0.3 is 41.2 Å². The fourth-order valence-electron chi connectivity index (χ4n) is 5.78. The van der Waals surface area contributed by atoms with E-state index in [1.165, 1.54) is 0 Å². The van der Waals surface area contributed by atoms with Crippen molar-refractivity contribution in [2.75, 3.05) is 6.54 Å². The first-order chi connectivity index (χ1) is 27.1. The first kappa shape index (κ1) is 45.5. The summed E-state index contributed by atoms with van der Waals surface area (Å²) in [6.07, 6.45) is -0.180. The lowest BCUT2D eigenvalue weighted by molar-refractivity contribution is -0.142. The summed E-state index contributed by atoms with van der Waals surface area (Å²) in [5, 5.41) is 23.3. The number of ether oxygens (including phenoxy) is 2. The summed E-state index contributed by atoms with van der Waals surface area (Å²) in [5.74, 6) is -3.32. The summed E-state index contributed by atoms with van der Waals surface area (Å²) in [5.41, 5.74) is 1.51. The van der Waals surface area contributed by atoms with Crippen molar-refractivity contribution in [3.05, 3.63) is 108 Å². The normalized spacial score (nSPS) is 13.2. The van der Waals surface area contributed by atoms with E-state index < -0.39 is 65.6 Å². The number of hydrogen-bond acceptors (Lipinski definition) is 8. The van der Waals surface area contributed by atoms with Gasteiger partial charge in [0.25, 0.3) is 0 Å². The molecular weight excluding hydrogens is 730 g/mol. The molecule has 14 nitrogen and oxygen atoms in total. The SMILES string of the molecule is CC(C)C[C@@H](NC(=O)[C@@H](Cc1ccccc1)NC(=O)[C@@H](Cc1ccccc1)NC(=O)OC(C)(C)C)C(=O)N[C@H](CCCCNC(=O)OCc1ccccc1)C(=O)O. The number of rotatable bonds is 21. The number of amides is 5. The molecular formula is C43H57N5O9. The van der Waals surface area contributed by atoms with Crippen LogP contribution in [0.2, 0.25) is 0 Å². The van der Waals surface area contributed by atoms with Crippen molar-refractivity contribution >= 4 is 35.9 Å². The van der Waals surface area contributed by atoms with E-state index in [1.807, 2.05) is 80.6 Å². The number of hydrogen-bond donors (Lipinski definition) is 6. The molecule has 5 amide bonds. The molecule has 4 atom stereocenters. The monoisotopic (exact) mass is 787 g/mol. The highest BCUT2D eigenvalue weighted by Crippen LogP contribution is 2.12. The average molecular weight is 788 g/mol. The number of alkyl carbamates (subject to hydrolysis) is 2. The van der Waals surface area contributed by atoms with Crippen LogP contribution in [0.5, 0.6) is 0 Å². The molecule has 0 aromatic heterocycles. The molecule has 57 heavy (non-hydrogen) atoms. The van der Waals surface area contributed by atoms with Gasteiger partial charge in [0.05, 0.1) is 0 Å². The lowest BCUT2D eigenvalue weighted by Crippen LogP contribution is -2.58. The van der Waals surface area contributed by atoms with E-state index >= 15 is 0 Å². The van der Waals surface area contributed by atoms with Gasteiger partial charge in [-0.3, -0.25) is 14.4 Å². The lowest BCUT2D eigenvalue weighted by atomic mass is 9.99. The molecule has 6 N–H and O–H groups in total. The second kappa shape index (κ2) is 23.2. The lowest BCUT2D eigenvalue weighted by Gasteiger charge is -2.27. The highest BCUT2D eigenvalue weighted by Gasteiger charge is 2.32. The van der Waals surface area contributed by atoms with Crippen LogP contribution < -0.4 is 26.6 Å². The minimum Gasteiger partial charge on any atom is -0.480 e. The van der Waals surface area contributed by atoms with Crippen molar-refractivity contribution in [1.82, 2.24) is 26.6 Å². The second-order valence-corrected chi connectivity index (χ2v) is 15.2. The molecule has 0 saturated heterocycles. The van der Waals surface area contributed by atoms with E-state index in [0.29, 0.717) is 12.8 Å². The number of nitrogens with one attached hydrogen (secondary N) is 5. The van der Waals surface area contributed by atoms with Crippen molar-refractivity contribution < 1.29 is 43.3 Å². The molecule has 0 fully saturated rings. The van der Waals surface area contributed by atoms with E-state index in [1.54, 1.807) is 45.0 Å². The Hall–Kier alpha value is -5.92. The first-order valence-electron chi connectivity index (χ1n) is 19.3. The Morgan fingerprint density at radius 1 is 0.596 bits per heavy atom. The number of carbonyl (C=O) groups is 6. The van der Waals surface area contributed by atoms with Crippen molar-refractivity contribution in [3.63, 3.8) is 0 Å². The van der Waals surface area contributed by atoms with Crippen LogP contribution in [0.15, 0.2) is 91.0 Å². The first-order valence-corrected chi connectivity index (χ1v) is 19.3. The fraction of sp³-hybridized carbons (Fsp3) is 0.442. The largest absolute Gasteiger partial charge is 0.480 e. The fourth-order valence-corrected chi connectivity index (χ4v) is 5.78. The van der Waals surface area contributed by atoms with Crippen LogP contribution in [-0.2, 0) is 48.1 Å². The van der Waals surface area contributed by atoms with Crippen LogP contribution >= 0.6 is 0 Å². The van der Waals surface area contributed by atoms with Crippen molar-refractivity contribution in [1.29, 1.82) is 0 Å². The summed E-state index contributed by atoms with van der Waals surface area (Å²) >= 11 is 0. The van der Waals surface area contributed by atoms with Gasteiger partial charge in [0, 0.05) is 19.4 Å². The molecule has 308 valence electrons. The third-order valence-corrected chi connectivity index (χ3v) is 8.56. The highest BCUT2D eigenvalue weighted by molar-refractivity contribution is 5.95. The summed E-state index contributed by atoms with van der Waals surface area (Å²) in [4.78, 5) is 78.7. The maximum atomic E-state index is 14.0. The van der Waals surface area contributed by atoms with E-state index in [4.69, 9.17) is 9.47 Å². The van der Waals surface area contributed by atoms with Crippen LogP contribution in [0.25, 0.3) is 0 Å². The predicted molar refractivity (Wildman–Crippen MR) is 215 cm³/mol. The van der Waals surface area contributed by atoms with Gasteiger partial charge in [0.2, 0.25) is 17.7 Å². The molecule has 3 aromatic rings. The van der Waals surface area contributed by atoms with E-state index in [0.717, 1.165) is 16.7 Å². The van der Waals surface area contributed by atoms with Crippen LogP contribution in [0.3, 0.4) is 0 Å². The van der Waals surface area contributed by atoms with Gasteiger partial charge in [0.15, 0.2) is 0 Å². The maximum absolute atomic E-state index is 14.0. The third kappa shape index (κ3) is 18.1. The smallest absolute Gasteiger partial charge is 0.408 e. The Kier molecular flexibility index (Phi) is 18.5. The minimum absolute atomic E-state index is 0.0600. The molecule has 0 aliphatic heterocycles. The number of aliphatic carboxylic acids is 1. The van der Waals surface area contributed by atoms with E-state index in [-0.39, 0.29) is 44.8 Å². The predicted octanol–water partition coefficient (Wildman–Crippen LogP) is 5.05.